The highest BCUT2D eigenvalue weighted by Crippen LogP contribution is 2.44. The molecule has 0 atom stereocenters. The van der Waals surface area contributed by atoms with Gasteiger partial charge < -0.3 is 20.3 Å². The van der Waals surface area contributed by atoms with Crippen LogP contribution in [0.1, 0.15) is 57.1 Å². The van der Waals surface area contributed by atoms with Gasteiger partial charge in [0.1, 0.15) is 11.6 Å². The molecule has 0 radical (unpaired) electrons. The van der Waals surface area contributed by atoms with Gasteiger partial charge in [-0.15, -0.1) is 0 Å². The predicted octanol–water partition coefficient (Wildman–Crippen LogP) is 5.21. The van der Waals surface area contributed by atoms with Crippen molar-refractivity contribution in [3.05, 3.63) is 47.3 Å². The van der Waals surface area contributed by atoms with Gasteiger partial charge in [-0.1, -0.05) is 23.7 Å². The first-order valence-electron chi connectivity index (χ1n) is 10.8. The highest BCUT2D eigenvalue weighted by atomic mass is 16.5. The second-order valence-corrected chi connectivity index (χ2v) is 9.48. The van der Waals surface area contributed by atoms with Crippen LogP contribution in [0.15, 0.2) is 34.9 Å². The molecule has 8 heteroatoms. The number of nitrogens with one attached hydrogen (secondary N) is 2. The summed E-state index contributed by atoms with van der Waals surface area (Å²) in [7, 11) is 0. The van der Waals surface area contributed by atoms with Crippen molar-refractivity contribution in [3.63, 3.8) is 0 Å². The summed E-state index contributed by atoms with van der Waals surface area (Å²) >= 11 is 0. The number of nitrogens with zero attached hydrogens (tertiary/aromatic N) is 3. The molecule has 1 saturated carbocycles. The predicted molar refractivity (Wildman–Crippen MR) is 123 cm³/mol. The Morgan fingerprint density at radius 1 is 1.12 bits per heavy atom. The molecular formula is C24H29N5O3. The Morgan fingerprint density at radius 3 is 2.31 bits per heavy atom. The fourth-order valence-electron chi connectivity index (χ4n) is 4.09. The van der Waals surface area contributed by atoms with Crippen molar-refractivity contribution in [2.75, 3.05) is 10.6 Å². The minimum absolute atomic E-state index is 0.183. The summed E-state index contributed by atoms with van der Waals surface area (Å²) in [6.45, 7) is 9.94. The van der Waals surface area contributed by atoms with Crippen LogP contribution in [0.2, 0.25) is 0 Å². The summed E-state index contributed by atoms with van der Waals surface area (Å²) in [5.41, 5.74) is 3.00. The smallest absolute Gasteiger partial charge is 0.314 e. The number of carbonyl (C=O) groups is 1. The molecule has 8 nitrogen and oxygen atoms in total. The summed E-state index contributed by atoms with van der Waals surface area (Å²) in [6.07, 6.45) is 2.30. The molecule has 0 spiro atoms. The second kappa shape index (κ2) is 7.93. The Labute approximate surface area is 187 Å². The number of aliphatic carboxylic acids is 1. The van der Waals surface area contributed by atoms with E-state index in [0.29, 0.717) is 36.1 Å². The maximum Gasteiger partial charge on any atom is 0.314 e. The number of carboxylic acids is 1. The van der Waals surface area contributed by atoms with E-state index in [9.17, 15) is 9.90 Å². The van der Waals surface area contributed by atoms with Gasteiger partial charge in [-0.05, 0) is 65.2 Å². The standard InChI is InChI=1S/C24H29N5O3/c1-14-20(15(2)32-29-14)18-13-19(28-23(3,4)5)27-22(26-18)25-17-9-7-16(8-10-17)24(21(30)31)11-6-12-24/h7-10,13H,6,11-12H2,1-5H3,(H,30,31)(H2,25,26,27,28). The van der Waals surface area contributed by atoms with Crippen LogP contribution in [0.4, 0.5) is 17.5 Å². The molecule has 1 aromatic carbocycles. The molecule has 2 aromatic heterocycles. The van der Waals surface area contributed by atoms with Crippen molar-refractivity contribution in [2.45, 2.75) is 64.8 Å². The molecule has 4 rings (SSSR count). The van der Waals surface area contributed by atoms with Gasteiger partial charge >= 0.3 is 5.97 Å². The van der Waals surface area contributed by atoms with E-state index < -0.39 is 11.4 Å². The molecular weight excluding hydrogens is 406 g/mol. The van der Waals surface area contributed by atoms with E-state index in [0.717, 1.165) is 28.9 Å². The lowest BCUT2D eigenvalue weighted by Gasteiger charge is -2.38. The minimum Gasteiger partial charge on any atom is -0.481 e. The van der Waals surface area contributed by atoms with Crippen molar-refractivity contribution >= 4 is 23.4 Å². The first-order valence-corrected chi connectivity index (χ1v) is 10.8. The lowest BCUT2D eigenvalue weighted by Crippen LogP contribution is -2.42. The molecule has 0 bridgehead atoms. The van der Waals surface area contributed by atoms with Gasteiger partial charge in [-0.3, -0.25) is 4.79 Å². The number of hydrogen-bond acceptors (Lipinski definition) is 7. The lowest BCUT2D eigenvalue weighted by atomic mass is 9.64. The zero-order valence-corrected chi connectivity index (χ0v) is 19.1. The number of carboxylic acid groups (broad SMARTS) is 1. The van der Waals surface area contributed by atoms with Crippen LogP contribution in [0.25, 0.3) is 11.3 Å². The molecule has 1 aliphatic carbocycles. The SMILES string of the molecule is Cc1noc(C)c1-c1cc(NC(C)(C)C)nc(Nc2ccc(C3(C(=O)O)CCC3)cc2)n1. The van der Waals surface area contributed by atoms with Gasteiger partial charge in [0.05, 0.1) is 22.4 Å². The van der Waals surface area contributed by atoms with E-state index in [2.05, 4.69) is 41.5 Å². The van der Waals surface area contributed by atoms with E-state index in [1.807, 2.05) is 44.2 Å². The van der Waals surface area contributed by atoms with Crippen LogP contribution in [-0.2, 0) is 10.2 Å². The highest BCUT2D eigenvalue weighted by molar-refractivity contribution is 5.83. The Bertz CT molecular complexity index is 1120. The molecule has 1 fully saturated rings. The third-order valence-electron chi connectivity index (χ3n) is 5.83. The average molecular weight is 436 g/mol. The molecule has 2 heterocycles. The summed E-state index contributed by atoms with van der Waals surface area (Å²) in [4.78, 5) is 21.1. The Morgan fingerprint density at radius 2 is 1.81 bits per heavy atom. The largest absolute Gasteiger partial charge is 0.481 e. The van der Waals surface area contributed by atoms with Gasteiger partial charge in [-0.25, -0.2) is 4.98 Å². The highest BCUT2D eigenvalue weighted by Gasteiger charge is 2.45. The molecule has 168 valence electrons. The van der Waals surface area contributed by atoms with Gasteiger partial charge in [-0.2, -0.15) is 4.98 Å². The maximum absolute atomic E-state index is 11.8. The summed E-state index contributed by atoms with van der Waals surface area (Å²) in [5.74, 6) is 1.05. The topological polar surface area (TPSA) is 113 Å². The molecule has 0 amide bonds. The third kappa shape index (κ3) is 4.17. The van der Waals surface area contributed by atoms with Crippen molar-refractivity contribution in [3.8, 4) is 11.3 Å². The van der Waals surface area contributed by atoms with Crippen molar-refractivity contribution in [1.29, 1.82) is 0 Å². The summed E-state index contributed by atoms with van der Waals surface area (Å²) < 4.78 is 5.33. The van der Waals surface area contributed by atoms with Crippen molar-refractivity contribution in [2.24, 2.45) is 0 Å². The van der Waals surface area contributed by atoms with E-state index >= 15 is 0 Å². The minimum atomic E-state index is -0.752. The van der Waals surface area contributed by atoms with Crippen molar-refractivity contribution in [1.82, 2.24) is 15.1 Å². The van der Waals surface area contributed by atoms with Crippen LogP contribution in [-0.4, -0.2) is 31.7 Å². The quantitative estimate of drug-likeness (QED) is 0.484. The molecule has 3 aromatic rings. The average Bonchev–Trinajstić information content (AvgIpc) is 2.98. The molecule has 32 heavy (non-hydrogen) atoms. The second-order valence-electron chi connectivity index (χ2n) is 9.48. The lowest BCUT2D eigenvalue weighted by molar-refractivity contribution is -0.147. The molecule has 1 aliphatic rings. The number of aromatic nitrogens is 3. The normalized spacial score (nSPS) is 15.2. The summed E-state index contributed by atoms with van der Waals surface area (Å²) in [6, 6.07) is 9.39. The molecule has 0 unspecified atom stereocenters. The zero-order valence-electron chi connectivity index (χ0n) is 19.1. The number of benzene rings is 1. The molecule has 0 saturated heterocycles. The maximum atomic E-state index is 11.8. The van der Waals surface area contributed by atoms with Gasteiger partial charge in [0.25, 0.3) is 0 Å². The van der Waals surface area contributed by atoms with Crippen LogP contribution in [0.3, 0.4) is 0 Å². The Balaban J connectivity index is 1.66. The molecule has 0 aliphatic heterocycles. The van der Waals surface area contributed by atoms with Crippen LogP contribution < -0.4 is 10.6 Å². The van der Waals surface area contributed by atoms with E-state index in [4.69, 9.17) is 9.51 Å². The Kier molecular flexibility index (Phi) is 5.40. The van der Waals surface area contributed by atoms with Crippen LogP contribution in [0.5, 0.6) is 0 Å². The van der Waals surface area contributed by atoms with E-state index in [-0.39, 0.29) is 5.54 Å². The summed E-state index contributed by atoms with van der Waals surface area (Å²) in [5, 5.41) is 20.4. The molecule has 3 N–H and O–H groups in total. The monoisotopic (exact) mass is 435 g/mol. The van der Waals surface area contributed by atoms with Crippen molar-refractivity contribution < 1.29 is 14.4 Å². The fraction of sp³-hybridized carbons (Fsp3) is 0.417. The number of hydrogen-bond donors (Lipinski definition) is 3. The van der Waals surface area contributed by atoms with E-state index in [1.165, 1.54) is 0 Å². The number of anilines is 3. The van der Waals surface area contributed by atoms with E-state index in [1.54, 1.807) is 0 Å². The number of aryl methyl sites for hydroxylation is 2. The van der Waals surface area contributed by atoms with Crippen LogP contribution in [0, 0.1) is 13.8 Å². The fourth-order valence-corrected chi connectivity index (χ4v) is 4.09. The van der Waals surface area contributed by atoms with Gasteiger partial charge in [0.2, 0.25) is 5.95 Å². The van der Waals surface area contributed by atoms with Gasteiger partial charge in [0, 0.05) is 17.3 Å². The number of rotatable bonds is 6. The van der Waals surface area contributed by atoms with Gasteiger partial charge in [0.15, 0.2) is 0 Å². The zero-order chi connectivity index (χ0) is 23.1. The first-order chi connectivity index (χ1) is 15.1. The third-order valence-corrected chi connectivity index (χ3v) is 5.83. The van der Waals surface area contributed by atoms with Crippen LogP contribution >= 0.6 is 0 Å². The first kappa shape index (κ1) is 21.8. The Hall–Kier alpha value is -3.42.